The molecule has 0 aliphatic carbocycles. The zero-order valence-electron chi connectivity index (χ0n) is 18.7. The molecule has 0 spiro atoms. The molecule has 0 radical (unpaired) electrons. The molecule has 1 unspecified atom stereocenters. The normalized spacial score (nSPS) is 15.7. The van der Waals surface area contributed by atoms with E-state index >= 15 is 0 Å². The van der Waals surface area contributed by atoms with Gasteiger partial charge in [-0.25, -0.2) is 4.79 Å². The molecule has 32 heavy (non-hydrogen) atoms. The van der Waals surface area contributed by atoms with Crippen molar-refractivity contribution in [3.05, 3.63) is 51.2 Å². The van der Waals surface area contributed by atoms with E-state index in [1.165, 1.54) is 10.3 Å². The molecule has 2 aromatic heterocycles. The van der Waals surface area contributed by atoms with Crippen molar-refractivity contribution in [3.8, 4) is 0 Å². The maximum atomic E-state index is 12.7. The van der Waals surface area contributed by atoms with Gasteiger partial charge in [-0.05, 0) is 26.0 Å². The Balaban J connectivity index is 1.66. The number of aromatic nitrogens is 4. The highest BCUT2D eigenvalue weighted by Crippen LogP contribution is 2.23. The second-order valence-electron chi connectivity index (χ2n) is 8.36. The Kier molecular flexibility index (Phi) is 6.33. The number of para-hydroxylation sites is 1. The van der Waals surface area contributed by atoms with E-state index < -0.39 is 17.4 Å². The van der Waals surface area contributed by atoms with Crippen LogP contribution < -0.4 is 21.0 Å². The minimum atomic E-state index is -0.823. The fraction of sp³-hybridized carbons (Fsp3) is 0.500. The number of benzene rings is 1. The Labute approximate surface area is 185 Å². The van der Waals surface area contributed by atoms with Gasteiger partial charge in [-0.3, -0.25) is 14.3 Å². The van der Waals surface area contributed by atoms with Crippen LogP contribution in [0.25, 0.3) is 11.2 Å². The standard InChI is InChI=1S/C22H30N6O4/c1-15(2)32-14-17(29)13-28-18-19(25(3)22(31)24-20(18)30)23-21(28)27-11-9-26(10-12-27)16-7-5-4-6-8-16/h4-8,15,17,29H,9-14H2,1-3H3,(H,24,30,31). The Bertz CT molecular complexity index is 1170. The molecule has 1 aliphatic rings. The monoisotopic (exact) mass is 442 g/mol. The maximum Gasteiger partial charge on any atom is 0.329 e. The highest BCUT2D eigenvalue weighted by Gasteiger charge is 2.26. The van der Waals surface area contributed by atoms with Crippen molar-refractivity contribution >= 4 is 22.8 Å². The number of rotatable bonds is 7. The molecule has 1 fully saturated rings. The molecular formula is C22H30N6O4. The fourth-order valence-electron chi connectivity index (χ4n) is 4.01. The topological polar surface area (TPSA) is 109 Å². The van der Waals surface area contributed by atoms with Gasteiger partial charge in [0.15, 0.2) is 11.2 Å². The van der Waals surface area contributed by atoms with Crippen LogP contribution in [0.5, 0.6) is 0 Å². The summed E-state index contributed by atoms with van der Waals surface area (Å²) in [6, 6.07) is 10.2. The predicted molar refractivity (Wildman–Crippen MR) is 124 cm³/mol. The number of nitrogens with one attached hydrogen (secondary N) is 1. The molecule has 10 nitrogen and oxygen atoms in total. The third-order valence-corrected chi connectivity index (χ3v) is 5.69. The minimum Gasteiger partial charge on any atom is -0.389 e. The van der Waals surface area contributed by atoms with E-state index in [0.29, 0.717) is 24.7 Å². The number of anilines is 2. The maximum absolute atomic E-state index is 12.7. The Morgan fingerprint density at radius 2 is 1.75 bits per heavy atom. The second kappa shape index (κ2) is 9.17. The summed E-state index contributed by atoms with van der Waals surface area (Å²) in [5, 5.41) is 10.6. The van der Waals surface area contributed by atoms with Gasteiger partial charge in [-0.2, -0.15) is 4.98 Å². The number of aromatic amines is 1. The molecule has 1 saturated heterocycles. The number of aryl methyl sites for hydroxylation is 1. The van der Waals surface area contributed by atoms with E-state index in [0.717, 1.165) is 13.1 Å². The van der Waals surface area contributed by atoms with Gasteiger partial charge in [0, 0.05) is 38.9 Å². The highest BCUT2D eigenvalue weighted by molar-refractivity contribution is 5.74. The first-order valence-corrected chi connectivity index (χ1v) is 10.9. The zero-order chi connectivity index (χ0) is 22.8. The number of aliphatic hydroxyl groups excluding tert-OH is 1. The molecule has 4 rings (SSSR count). The average molecular weight is 443 g/mol. The van der Waals surface area contributed by atoms with Gasteiger partial charge in [0.05, 0.1) is 25.4 Å². The smallest absolute Gasteiger partial charge is 0.329 e. The molecule has 0 amide bonds. The van der Waals surface area contributed by atoms with Crippen LogP contribution >= 0.6 is 0 Å². The summed E-state index contributed by atoms with van der Waals surface area (Å²) in [6.07, 6.45) is -0.838. The Morgan fingerprint density at radius 1 is 1.09 bits per heavy atom. The number of ether oxygens (including phenoxy) is 1. The van der Waals surface area contributed by atoms with Gasteiger partial charge in [0.25, 0.3) is 5.56 Å². The largest absolute Gasteiger partial charge is 0.389 e. The summed E-state index contributed by atoms with van der Waals surface area (Å²) in [5.74, 6) is 0.572. The number of aliphatic hydroxyl groups is 1. The van der Waals surface area contributed by atoms with Crippen molar-refractivity contribution in [1.82, 2.24) is 19.1 Å². The summed E-state index contributed by atoms with van der Waals surface area (Å²) < 4.78 is 8.58. The van der Waals surface area contributed by atoms with Gasteiger partial charge in [-0.1, -0.05) is 18.2 Å². The molecule has 0 saturated carbocycles. The summed E-state index contributed by atoms with van der Waals surface area (Å²) in [7, 11) is 1.58. The lowest BCUT2D eigenvalue weighted by Gasteiger charge is -2.36. The van der Waals surface area contributed by atoms with Crippen LogP contribution in [0.15, 0.2) is 39.9 Å². The molecular weight excluding hydrogens is 412 g/mol. The van der Waals surface area contributed by atoms with Crippen LogP contribution in [0.1, 0.15) is 13.8 Å². The summed E-state index contributed by atoms with van der Waals surface area (Å²) in [4.78, 5) is 36.2. The van der Waals surface area contributed by atoms with Crippen LogP contribution in [0, 0.1) is 0 Å². The van der Waals surface area contributed by atoms with Crippen LogP contribution in [0.4, 0.5) is 11.6 Å². The van der Waals surface area contributed by atoms with E-state index in [1.807, 2.05) is 32.0 Å². The van der Waals surface area contributed by atoms with E-state index in [4.69, 9.17) is 4.74 Å². The lowest BCUT2D eigenvalue weighted by atomic mass is 10.2. The molecule has 10 heteroatoms. The van der Waals surface area contributed by atoms with Crippen LogP contribution in [0.2, 0.25) is 0 Å². The van der Waals surface area contributed by atoms with E-state index in [1.54, 1.807) is 11.6 Å². The second-order valence-corrected chi connectivity index (χ2v) is 8.36. The van der Waals surface area contributed by atoms with Gasteiger partial charge in [-0.15, -0.1) is 0 Å². The summed E-state index contributed by atoms with van der Waals surface area (Å²) >= 11 is 0. The van der Waals surface area contributed by atoms with Crippen molar-refractivity contribution in [2.75, 3.05) is 42.6 Å². The first kappa shape index (κ1) is 22.1. The SMILES string of the molecule is CC(C)OCC(O)Cn1c(N2CCN(c3ccccc3)CC2)nc2c1c(=O)[nH]c(=O)n2C. The highest BCUT2D eigenvalue weighted by atomic mass is 16.5. The number of piperazine rings is 1. The number of hydrogen-bond donors (Lipinski definition) is 2. The first-order chi connectivity index (χ1) is 15.3. The number of H-pyrrole nitrogens is 1. The molecule has 2 N–H and O–H groups in total. The minimum absolute atomic E-state index is 0.0149. The molecule has 3 heterocycles. The molecule has 172 valence electrons. The zero-order valence-corrected chi connectivity index (χ0v) is 18.7. The fourth-order valence-corrected chi connectivity index (χ4v) is 4.01. The van der Waals surface area contributed by atoms with Crippen LogP contribution in [-0.2, 0) is 18.3 Å². The molecule has 0 bridgehead atoms. The third-order valence-electron chi connectivity index (χ3n) is 5.69. The molecule has 1 atom stereocenters. The first-order valence-electron chi connectivity index (χ1n) is 10.9. The van der Waals surface area contributed by atoms with Gasteiger partial charge in [0.1, 0.15) is 0 Å². The lowest BCUT2D eigenvalue weighted by molar-refractivity contribution is -0.000180. The Hall–Kier alpha value is -3.11. The quantitative estimate of drug-likeness (QED) is 0.550. The van der Waals surface area contributed by atoms with Gasteiger partial charge in [0.2, 0.25) is 5.95 Å². The molecule has 1 aliphatic heterocycles. The van der Waals surface area contributed by atoms with E-state index in [-0.39, 0.29) is 24.8 Å². The number of fused-ring (bicyclic) bond motifs is 1. The average Bonchev–Trinajstić information content (AvgIpc) is 3.16. The predicted octanol–water partition coefficient (Wildman–Crippen LogP) is 0.536. The molecule has 1 aromatic carbocycles. The third kappa shape index (κ3) is 4.42. The van der Waals surface area contributed by atoms with Gasteiger partial charge < -0.3 is 24.2 Å². The molecule has 3 aromatic rings. The lowest BCUT2D eigenvalue weighted by Crippen LogP contribution is -2.47. The van der Waals surface area contributed by atoms with Crippen molar-refractivity contribution in [1.29, 1.82) is 0 Å². The van der Waals surface area contributed by atoms with Crippen molar-refractivity contribution in [2.24, 2.45) is 7.05 Å². The van der Waals surface area contributed by atoms with Crippen molar-refractivity contribution in [2.45, 2.75) is 32.6 Å². The van der Waals surface area contributed by atoms with Gasteiger partial charge >= 0.3 is 5.69 Å². The van der Waals surface area contributed by atoms with Crippen LogP contribution in [0.3, 0.4) is 0 Å². The summed E-state index contributed by atoms with van der Waals surface area (Å²) in [6.45, 7) is 7.06. The van der Waals surface area contributed by atoms with Crippen LogP contribution in [-0.4, -0.2) is 69.2 Å². The van der Waals surface area contributed by atoms with Crippen molar-refractivity contribution in [3.63, 3.8) is 0 Å². The Morgan fingerprint density at radius 3 is 2.41 bits per heavy atom. The van der Waals surface area contributed by atoms with E-state index in [2.05, 4.69) is 31.9 Å². The number of imidazole rings is 1. The number of nitrogens with zero attached hydrogens (tertiary/aromatic N) is 5. The number of hydrogen-bond acceptors (Lipinski definition) is 7. The van der Waals surface area contributed by atoms with E-state index in [9.17, 15) is 14.7 Å². The van der Waals surface area contributed by atoms with Crippen molar-refractivity contribution < 1.29 is 9.84 Å². The summed E-state index contributed by atoms with van der Waals surface area (Å²) in [5.41, 5.74) is 0.714.